The monoisotopic (exact) mass is 390 g/mol. The lowest BCUT2D eigenvalue weighted by molar-refractivity contribution is 0.0695. The molecule has 0 radical (unpaired) electrons. The molecule has 0 saturated heterocycles. The minimum absolute atomic E-state index is 0.0376. The van der Waals surface area contributed by atoms with Crippen LogP contribution in [-0.4, -0.2) is 50.2 Å². The van der Waals surface area contributed by atoms with Crippen LogP contribution in [0.4, 0.5) is 5.69 Å². The van der Waals surface area contributed by atoms with Crippen molar-refractivity contribution in [2.75, 3.05) is 33.1 Å². The zero-order valence-corrected chi connectivity index (χ0v) is 17.2. The molecular weight excluding hydrogens is 364 g/mol. The van der Waals surface area contributed by atoms with Gasteiger partial charge in [-0.25, -0.2) is 4.79 Å². The number of carboxylic acids is 1. The number of fused-ring (bicyclic) bond motifs is 2. The zero-order valence-electron chi connectivity index (χ0n) is 17.2. The van der Waals surface area contributed by atoms with Gasteiger partial charge in [-0.15, -0.1) is 0 Å². The Morgan fingerprint density at radius 1 is 1.00 bits per heavy atom. The molecule has 4 rings (SSSR count). The second-order valence-electron chi connectivity index (χ2n) is 8.02. The lowest BCUT2D eigenvalue weighted by Gasteiger charge is -2.38. The lowest BCUT2D eigenvalue weighted by atomic mass is 9.74. The molecule has 150 valence electrons. The van der Waals surface area contributed by atoms with E-state index >= 15 is 0 Å². The Kier molecular flexibility index (Phi) is 4.92. The molecule has 5 nitrogen and oxygen atoms in total. The first-order chi connectivity index (χ1) is 13.9. The molecule has 0 amide bonds. The third-order valence-corrected chi connectivity index (χ3v) is 5.74. The number of hydrogen-bond donors (Lipinski definition) is 1. The van der Waals surface area contributed by atoms with Crippen molar-refractivity contribution in [3.05, 3.63) is 83.1 Å². The van der Waals surface area contributed by atoms with Crippen LogP contribution in [0.5, 0.6) is 5.75 Å². The highest BCUT2D eigenvalue weighted by atomic mass is 16.5. The number of hydrogen-bond acceptors (Lipinski definition) is 4. The van der Waals surface area contributed by atoms with Crippen LogP contribution in [-0.2, 0) is 0 Å². The summed E-state index contributed by atoms with van der Waals surface area (Å²) in [5.74, 6) is 0.601. The van der Waals surface area contributed by atoms with E-state index in [1.54, 1.807) is 12.1 Å². The molecule has 0 fully saturated rings. The maximum atomic E-state index is 11.9. The van der Waals surface area contributed by atoms with Crippen LogP contribution in [0.2, 0.25) is 0 Å². The molecule has 1 heterocycles. The van der Waals surface area contributed by atoms with Gasteiger partial charge < -0.3 is 14.7 Å². The number of rotatable bonds is 4. The van der Waals surface area contributed by atoms with Crippen LogP contribution in [0, 0.1) is 5.92 Å². The van der Waals surface area contributed by atoms with Gasteiger partial charge in [0.05, 0.1) is 5.56 Å². The van der Waals surface area contributed by atoms with Gasteiger partial charge in [0.25, 0.3) is 0 Å². The number of carbonyl (C=O) groups is 1. The van der Waals surface area contributed by atoms with Gasteiger partial charge in [0.1, 0.15) is 11.5 Å². The van der Waals surface area contributed by atoms with E-state index in [0.29, 0.717) is 5.56 Å². The highest BCUT2D eigenvalue weighted by Gasteiger charge is 2.38. The Bertz CT molecular complexity index is 1010. The number of allylic oxidation sites excluding steroid dienone is 1. The molecule has 5 heteroatoms. The molecule has 3 atom stereocenters. The molecule has 2 aromatic carbocycles. The number of carboxylic acid groups (broad SMARTS) is 1. The maximum Gasteiger partial charge on any atom is 0.335 e. The molecule has 0 bridgehead atoms. The molecule has 3 unspecified atom stereocenters. The van der Waals surface area contributed by atoms with Gasteiger partial charge in [-0.3, -0.25) is 4.90 Å². The minimum atomic E-state index is -0.907. The van der Waals surface area contributed by atoms with Crippen molar-refractivity contribution in [3.63, 3.8) is 0 Å². The first kappa shape index (κ1) is 19.3. The zero-order chi connectivity index (χ0) is 20.7. The van der Waals surface area contributed by atoms with Gasteiger partial charge in [-0.05, 0) is 37.9 Å². The van der Waals surface area contributed by atoms with Crippen molar-refractivity contribution in [2.45, 2.75) is 12.0 Å². The molecule has 2 aromatic rings. The van der Waals surface area contributed by atoms with Gasteiger partial charge in [0, 0.05) is 49.3 Å². The number of aromatic carboxylic acids is 1. The first-order valence-electron chi connectivity index (χ1n) is 9.74. The third kappa shape index (κ3) is 3.42. The van der Waals surface area contributed by atoms with Crippen LogP contribution in [0.25, 0.3) is 0 Å². The predicted molar refractivity (Wildman–Crippen MR) is 115 cm³/mol. The quantitative estimate of drug-likeness (QED) is 0.801. The predicted octanol–water partition coefficient (Wildman–Crippen LogP) is 3.98. The van der Waals surface area contributed by atoms with Crippen LogP contribution in [0.3, 0.4) is 0 Å². The molecule has 1 aliphatic heterocycles. The van der Waals surface area contributed by atoms with E-state index < -0.39 is 5.97 Å². The Hall–Kier alpha value is -3.05. The summed E-state index contributed by atoms with van der Waals surface area (Å²) >= 11 is 0. The van der Waals surface area contributed by atoms with Crippen LogP contribution in [0.1, 0.15) is 27.4 Å². The fourth-order valence-corrected chi connectivity index (χ4v) is 4.15. The molecule has 2 aliphatic rings. The maximum absolute atomic E-state index is 11.9. The summed E-state index contributed by atoms with van der Waals surface area (Å²) in [6.07, 6.45) is 6.45. The lowest BCUT2D eigenvalue weighted by Crippen LogP contribution is -2.33. The minimum Gasteiger partial charge on any atom is -0.478 e. The molecule has 29 heavy (non-hydrogen) atoms. The van der Waals surface area contributed by atoms with Crippen molar-refractivity contribution < 1.29 is 14.6 Å². The van der Waals surface area contributed by atoms with Gasteiger partial charge in [0.15, 0.2) is 0 Å². The summed E-state index contributed by atoms with van der Waals surface area (Å²) in [6.45, 7) is 0. The topological polar surface area (TPSA) is 53.0 Å². The van der Waals surface area contributed by atoms with Crippen molar-refractivity contribution in [2.24, 2.45) is 5.92 Å². The molecule has 0 saturated carbocycles. The van der Waals surface area contributed by atoms with Gasteiger partial charge >= 0.3 is 5.97 Å². The average Bonchev–Trinajstić information content (AvgIpc) is 2.70. The second-order valence-corrected chi connectivity index (χ2v) is 8.02. The Labute approximate surface area is 171 Å². The van der Waals surface area contributed by atoms with Gasteiger partial charge in [-0.2, -0.15) is 0 Å². The van der Waals surface area contributed by atoms with Gasteiger partial charge in [-0.1, -0.05) is 36.4 Å². The molecule has 1 N–H and O–H groups in total. The summed E-state index contributed by atoms with van der Waals surface area (Å²) in [7, 11) is 8.06. The summed E-state index contributed by atoms with van der Waals surface area (Å²) in [6, 6.07) is 13.6. The standard InChI is InChI=1S/C24H26N2O3/c1-25(2)15-9-11-19-21(13-15)29-22-14-16(26(3)4)10-12-20(22)23(19)17-7-5-6-8-18(17)24(27)28/h5-15,19,23H,1-4H3,(H,27,28). The summed E-state index contributed by atoms with van der Waals surface area (Å²) in [5, 5.41) is 9.79. The Morgan fingerprint density at radius 3 is 2.45 bits per heavy atom. The fraction of sp³-hybridized carbons (Fsp3) is 0.292. The summed E-state index contributed by atoms with van der Waals surface area (Å²) in [5.41, 5.74) is 3.21. The van der Waals surface area contributed by atoms with Crippen molar-refractivity contribution in [1.29, 1.82) is 0 Å². The largest absolute Gasteiger partial charge is 0.478 e. The van der Waals surface area contributed by atoms with E-state index in [9.17, 15) is 9.90 Å². The first-order valence-corrected chi connectivity index (χ1v) is 9.74. The van der Waals surface area contributed by atoms with E-state index in [1.165, 1.54) is 0 Å². The van der Waals surface area contributed by atoms with Crippen molar-refractivity contribution in [3.8, 4) is 5.75 Å². The van der Waals surface area contributed by atoms with E-state index in [-0.39, 0.29) is 17.9 Å². The van der Waals surface area contributed by atoms with E-state index in [0.717, 1.165) is 28.3 Å². The number of benzene rings is 2. The normalized spacial score (nSPS) is 22.4. The fourth-order valence-electron chi connectivity index (χ4n) is 4.15. The number of anilines is 1. The third-order valence-electron chi connectivity index (χ3n) is 5.74. The van der Waals surface area contributed by atoms with Crippen LogP contribution in [0.15, 0.2) is 66.5 Å². The van der Waals surface area contributed by atoms with Crippen LogP contribution < -0.4 is 9.64 Å². The number of ether oxygens (including phenoxy) is 1. The molecular formula is C24H26N2O3. The molecule has 0 spiro atoms. The molecule has 1 aliphatic carbocycles. The number of nitrogens with zero attached hydrogens (tertiary/aromatic N) is 2. The Balaban J connectivity index is 1.91. The number of likely N-dealkylation sites (N-methyl/N-ethyl adjacent to an activating group) is 1. The smallest absolute Gasteiger partial charge is 0.335 e. The second kappa shape index (κ2) is 7.41. The average molecular weight is 390 g/mol. The highest BCUT2D eigenvalue weighted by Crippen LogP contribution is 2.49. The van der Waals surface area contributed by atoms with Crippen molar-refractivity contribution >= 4 is 11.7 Å². The van der Waals surface area contributed by atoms with Crippen LogP contribution >= 0.6 is 0 Å². The van der Waals surface area contributed by atoms with Crippen molar-refractivity contribution in [1.82, 2.24) is 4.90 Å². The van der Waals surface area contributed by atoms with E-state index in [1.807, 2.05) is 51.3 Å². The Morgan fingerprint density at radius 2 is 1.76 bits per heavy atom. The summed E-state index contributed by atoms with van der Waals surface area (Å²) < 4.78 is 6.37. The highest BCUT2D eigenvalue weighted by molar-refractivity contribution is 5.90. The summed E-state index contributed by atoms with van der Waals surface area (Å²) in [4.78, 5) is 16.1. The SMILES string of the molecule is CN(C)c1ccc2c(c1)OC1=CC(N(C)C)C=CC1C2c1ccccc1C(=O)O. The molecule has 0 aromatic heterocycles. The van der Waals surface area contributed by atoms with E-state index in [4.69, 9.17) is 4.74 Å². The van der Waals surface area contributed by atoms with Gasteiger partial charge in [0.2, 0.25) is 0 Å². The van der Waals surface area contributed by atoms with E-state index in [2.05, 4.69) is 35.3 Å².